The molecule has 0 unspecified atom stereocenters. The summed E-state index contributed by atoms with van der Waals surface area (Å²) in [6.07, 6.45) is 3.38. The zero-order valence-electron chi connectivity index (χ0n) is 16.0. The van der Waals surface area contributed by atoms with Crippen molar-refractivity contribution in [3.8, 4) is 11.5 Å². The fourth-order valence-electron chi connectivity index (χ4n) is 3.84. The number of ether oxygens (including phenoxy) is 2. The molecule has 0 aliphatic carbocycles. The molecule has 1 amide bonds. The van der Waals surface area contributed by atoms with Gasteiger partial charge in [-0.2, -0.15) is 0 Å². The first-order chi connectivity index (χ1) is 14.3. The summed E-state index contributed by atoms with van der Waals surface area (Å²) in [5.74, 6) is 2.30. The van der Waals surface area contributed by atoms with Gasteiger partial charge in [0, 0.05) is 30.8 Å². The van der Waals surface area contributed by atoms with Gasteiger partial charge in [0.1, 0.15) is 19.0 Å². The minimum atomic E-state index is -0.0205. The van der Waals surface area contributed by atoms with Gasteiger partial charge in [-0.3, -0.25) is 9.78 Å². The number of fused-ring (bicyclic) bond motifs is 2. The molecule has 0 radical (unpaired) electrons. The molecule has 3 aromatic rings. The SMILES string of the molecule is O=C(Nc1ccc2c(c1)OCCO2)C1CCN(c2cnc3ccccc3n2)CC1. The summed E-state index contributed by atoms with van der Waals surface area (Å²) in [5, 5.41) is 3.02. The Balaban J connectivity index is 1.21. The molecular formula is C22H22N4O3. The molecule has 5 rings (SSSR count). The van der Waals surface area contributed by atoms with Gasteiger partial charge >= 0.3 is 0 Å². The van der Waals surface area contributed by atoms with E-state index in [9.17, 15) is 4.79 Å². The van der Waals surface area contributed by atoms with Crippen LogP contribution in [0.4, 0.5) is 11.5 Å². The molecule has 1 fully saturated rings. The van der Waals surface area contributed by atoms with Gasteiger partial charge in [0.2, 0.25) is 5.91 Å². The minimum Gasteiger partial charge on any atom is -0.486 e. The van der Waals surface area contributed by atoms with Crippen LogP contribution in [0.25, 0.3) is 11.0 Å². The largest absolute Gasteiger partial charge is 0.486 e. The van der Waals surface area contributed by atoms with Crippen molar-refractivity contribution in [2.24, 2.45) is 5.92 Å². The molecule has 0 saturated carbocycles. The highest BCUT2D eigenvalue weighted by Crippen LogP contribution is 2.33. The van der Waals surface area contributed by atoms with E-state index < -0.39 is 0 Å². The third-order valence-corrected chi connectivity index (χ3v) is 5.44. The lowest BCUT2D eigenvalue weighted by Crippen LogP contribution is -2.38. The van der Waals surface area contributed by atoms with Gasteiger partial charge in [-0.25, -0.2) is 4.98 Å². The maximum absolute atomic E-state index is 12.7. The molecule has 3 heterocycles. The number of hydrogen-bond acceptors (Lipinski definition) is 6. The van der Waals surface area contributed by atoms with Gasteiger partial charge in [-0.05, 0) is 37.1 Å². The summed E-state index contributed by atoms with van der Waals surface area (Å²) < 4.78 is 11.1. The summed E-state index contributed by atoms with van der Waals surface area (Å²) in [6, 6.07) is 13.4. The first-order valence-electron chi connectivity index (χ1n) is 9.93. The molecule has 2 aromatic carbocycles. The molecule has 1 N–H and O–H groups in total. The number of hydrogen-bond donors (Lipinski definition) is 1. The average Bonchev–Trinajstić information content (AvgIpc) is 2.79. The number of carbonyl (C=O) groups is 1. The van der Waals surface area contributed by atoms with Crippen LogP contribution < -0.4 is 19.7 Å². The van der Waals surface area contributed by atoms with Crippen molar-refractivity contribution < 1.29 is 14.3 Å². The molecule has 1 saturated heterocycles. The van der Waals surface area contributed by atoms with Crippen molar-refractivity contribution in [1.29, 1.82) is 0 Å². The molecule has 0 atom stereocenters. The van der Waals surface area contributed by atoms with Gasteiger partial charge in [0.25, 0.3) is 0 Å². The highest BCUT2D eigenvalue weighted by molar-refractivity contribution is 5.93. The smallest absolute Gasteiger partial charge is 0.227 e. The van der Waals surface area contributed by atoms with Crippen molar-refractivity contribution in [3.63, 3.8) is 0 Å². The van der Waals surface area contributed by atoms with Crippen LogP contribution in [0.1, 0.15) is 12.8 Å². The highest BCUT2D eigenvalue weighted by atomic mass is 16.6. The molecular weight excluding hydrogens is 368 g/mol. The predicted molar refractivity (Wildman–Crippen MR) is 111 cm³/mol. The van der Waals surface area contributed by atoms with Crippen LogP contribution in [0.5, 0.6) is 11.5 Å². The van der Waals surface area contributed by atoms with Gasteiger partial charge in [0.05, 0.1) is 17.2 Å². The Hall–Kier alpha value is -3.35. The van der Waals surface area contributed by atoms with Crippen LogP contribution >= 0.6 is 0 Å². The van der Waals surface area contributed by atoms with Crippen molar-refractivity contribution in [2.45, 2.75) is 12.8 Å². The number of carbonyl (C=O) groups excluding carboxylic acids is 1. The third-order valence-electron chi connectivity index (χ3n) is 5.44. The van der Waals surface area contributed by atoms with Crippen LogP contribution in [0, 0.1) is 5.92 Å². The Labute approximate surface area is 168 Å². The normalized spacial score (nSPS) is 16.6. The van der Waals surface area contributed by atoms with E-state index in [-0.39, 0.29) is 11.8 Å². The number of benzene rings is 2. The second-order valence-electron chi connectivity index (χ2n) is 7.33. The topological polar surface area (TPSA) is 76.6 Å². The number of nitrogens with zero attached hydrogens (tertiary/aromatic N) is 3. The predicted octanol–water partition coefficient (Wildman–Crippen LogP) is 3.26. The lowest BCUT2D eigenvalue weighted by atomic mass is 9.96. The molecule has 148 valence electrons. The molecule has 7 nitrogen and oxygen atoms in total. The zero-order valence-corrected chi connectivity index (χ0v) is 16.0. The second kappa shape index (κ2) is 7.58. The maximum atomic E-state index is 12.7. The molecule has 29 heavy (non-hydrogen) atoms. The minimum absolute atomic E-state index is 0.0205. The monoisotopic (exact) mass is 390 g/mol. The highest BCUT2D eigenvalue weighted by Gasteiger charge is 2.26. The number of aromatic nitrogens is 2. The van der Waals surface area contributed by atoms with Crippen molar-refractivity contribution >= 4 is 28.4 Å². The number of anilines is 2. The van der Waals surface area contributed by atoms with E-state index in [1.807, 2.05) is 48.7 Å². The standard InChI is InChI=1S/C22H22N4O3/c27-22(24-16-5-6-19-20(13-16)29-12-11-28-19)15-7-9-26(10-8-15)21-14-23-17-3-1-2-4-18(17)25-21/h1-6,13-15H,7-12H2,(H,24,27). The summed E-state index contributed by atoms with van der Waals surface area (Å²) in [7, 11) is 0. The lowest BCUT2D eigenvalue weighted by Gasteiger charge is -2.32. The summed E-state index contributed by atoms with van der Waals surface area (Å²) in [5.41, 5.74) is 2.52. The molecule has 1 aromatic heterocycles. The van der Waals surface area contributed by atoms with Crippen molar-refractivity contribution in [3.05, 3.63) is 48.7 Å². The van der Waals surface area contributed by atoms with Crippen molar-refractivity contribution in [1.82, 2.24) is 9.97 Å². The van der Waals surface area contributed by atoms with Crippen LogP contribution in [0.15, 0.2) is 48.7 Å². The third kappa shape index (κ3) is 3.68. The number of para-hydroxylation sites is 2. The van der Waals surface area contributed by atoms with Gasteiger partial charge < -0.3 is 19.7 Å². The molecule has 0 spiro atoms. The van der Waals surface area contributed by atoms with E-state index in [4.69, 9.17) is 14.5 Å². The van der Waals surface area contributed by atoms with Crippen LogP contribution in [-0.2, 0) is 4.79 Å². The van der Waals surface area contributed by atoms with Gasteiger partial charge in [-0.15, -0.1) is 0 Å². The number of nitrogens with one attached hydrogen (secondary N) is 1. The molecule has 2 aliphatic rings. The van der Waals surface area contributed by atoms with E-state index in [1.165, 1.54) is 0 Å². The summed E-state index contributed by atoms with van der Waals surface area (Å²) >= 11 is 0. The first kappa shape index (κ1) is 17.7. The zero-order chi connectivity index (χ0) is 19.6. The Morgan fingerprint density at radius 3 is 2.59 bits per heavy atom. The Bertz CT molecular complexity index is 1050. The molecule has 7 heteroatoms. The molecule has 2 aliphatic heterocycles. The number of piperidine rings is 1. The van der Waals surface area contributed by atoms with Gasteiger partial charge in [-0.1, -0.05) is 12.1 Å². The quantitative estimate of drug-likeness (QED) is 0.740. The summed E-state index contributed by atoms with van der Waals surface area (Å²) in [6.45, 7) is 2.65. The Morgan fingerprint density at radius 1 is 1.00 bits per heavy atom. The Kier molecular flexibility index (Phi) is 4.63. The van der Waals surface area contributed by atoms with E-state index in [0.29, 0.717) is 19.0 Å². The second-order valence-corrected chi connectivity index (χ2v) is 7.33. The fourth-order valence-corrected chi connectivity index (χ4v) is 3.84. The van der Waals surface area contributed by atoms with Crippen LogP contribution in [0.3, 0.4) is 0 Å². The van der Waals surface area contributed by atoms with Gasteiger partial charge in [0.15, 0.2) is 11.5 Å². The van der Waals surface area contributed by atoms with E-state index >= 15 is 0 Å². The maximum Gasteiger partial charge on any atom is 0.227 e. The first-order valence-corrected chi connectivity index (χ1v) is 9.93. The average molecular weight is 390 g/mol. The fraction of sp³-hybridized carbons (Fsp3) is 0.318. The lowest BCUT2D eigenvalue weighted by molar-refractivity contribution is -0.120. The van der Waals surface area contributed by atoms with E-state index in [2.05, 4.69) is 15.2 Å². The number of rotatable bonds is 3. The van der Waals surface area contributed by atoms with Crippen LogP contribution in [-0.4, -0.2) is 42.2 Å². The van der Waals surface area contributed by atoms with E-state index in [1.54, 1.807) is 0 Å². The number of amides is 1. The van der Waals surface area contributed by atoms with Crippen LogP contribution in [0.2, 0.25) is 0 Å². The van der Waals surface area contributed by atoms with Crippen molar-refractivity contribution in [2.75, 3.05) is 36.5 Å². The van der Waals surface area contributed by atoms with E-state index in [0.717, 1.165) is 54.2 Å². The Morgan fingerprint density at radius 2 is 1.76 bits per heavy atom. The summed E-state index contributed by atoms with van der Waals surface area (Å²) in [4.78, 5) is 24.1. The molecule has 0 bridgehead atoms.